The van der Waals surface area contributed by atoms with Crippen LogP contribution < -0.4 is 14.9 Å². The highest BCUT2D eigenvalue weighted by molar-refractivity contribution is 7.52. The SMILES string of the molecule is CC(C)CNc1ncnc2c1ncn2[C@@H]1O[C@H](CO[P@](=O)(N[C@@H](C)C(=O)OC(C)C)Oc2ccccc2)[C@@H](O)[C@@]1(C)F. The molecule has 1 aliphatic rings. The van der Waals surface area contributed by atoms with E-state index in [-0.39, 0.29) is 5.75 Å². The van der Waals surface area contributed by atoms with E-state index in [0.717, 1.165) is 0 Å². The molecule has 0 saturated carbocycles. The zero-order valence-electron chi connectivity index (χ0n) is 24.4. The van der Waals surface area contributed by atoms with E-state index in [1.165, 1.54) is 31.1 Å². The molecule has 0 spiro atoms. The maximum atomic E-state index is 16.1. The van der Waals surface area contributed by atoms with Crippen LogP contribution in [0.4, 0.5) is 10.2 Å². The van der Waals surface area contributed by atoms with Crippen molar-refractivity contribution >= 4 is 30.7 Å². The number of anilines is 1. The lowest BCUT2D eigenvalue weighted by Crippen LogP contribution is -2.41. The molecule has 3 aromatic rings. The zero-order valence-corrected chi connectivity index (χ0v) is 25.3. The summed E-state index contributed by atoms with van der Waals surface area (Å²) in [7, 11) is -4.27. The van der Waals surface area contributed by atoms with Crippen LogP contribution in [0.1, 0.15) is 47.8 Å². The first-order valence-corrected chi connectivity index (χ1v) is 15.3. The molecule has 230 valence electrons. The van der Waals surface area contributed by atoms with Crippen molar-refractivity contribution < 1.29 is 37.4 Å². The van der Waals surface area contributed by atoms with E-state index in [2.05, 4.69) is 25.4 Å². The maximum Gasteiger partial charge on any atom is 0.459 e. The molecule has 0 bridgehead atoms. The molecule has 4 rings (SSSR count). The van der Waals surface area contributed by atoms with Gasteiger partial charge in [0.1, 0.15) is 30.3 Å². The molecule has 13 nitrogen and oxygen atoms in total. The van der Waals surface area contributed by atoms with Crippen LogP contribution in [0.3, 0.4) is 0 Å². The van der Waals surface area contributed by atoms with Gasteiger partial charge in [0.15, 0.2) is 28.9 Å². The maximum absolute atomic E-state index is 16.1. The lowest BCUT2D eigenvalue weighted by atomic mass is 9.98. The fourth-order valence-electron chi connectivity index (χ4n) is 4.31. The zero-order chi connectivity index (χ0) is 30.7. The number of rotatable bonds is 13. The number of aromatic nitrogens is 4. The monoisotopic (exact) mass is 608 g/mol. The first-order valence-electron chi connectivity index (χ1n) is 13.7. The third-order valence-electron chi connectivity index (χ3n) is 6.44. The summed E-state index contributed by atoms with van der Waals surface area (Å²) in [6.45, 7) is 10.2. The number of hydrogen-bond acceptors (Lipinski definition) is 11. The summed E-state index contributed by atoms with van der Waals surface area (Å²) < 4.78 is 53.6. The van der Waals surface area contributed by atoms with E-state index in [1.807, 2.05) is 13.8 Å². The summed E-state index contributed by atoms with van der Waals surface area (Å²) in [4.78, 5) is 25.3. The van der Waals surface area contributed by atoms with Gasteiger partial charge in [-0.05, 0) is 45.7 Å². The Bertz CT molecular complexity index is 1410. The Morgan fingerprint density at radius 2 is 1.90 bits per heavy atom. The molecule has 0 radical (unpaired) electrons. The first-order chi connectivity index (χ1) is 19.8. The number of nitrogens with zero attached hydrogens (tertiary/aromatic N) is 4. The van der Waals surface area contributed by atoms with Gasteiger partial charge >= 0.3 is 13.7 Å². The number of imidazole rings is 1. The molecule has 1 fully saturated rings. The van der Waals surface area contributed by atoms with Gasteiger partial charge in [0.25, 0.3) is 0 Å². The fraction of sp³-hybridized carbons (Fsp3) is 0.556. The quantitative estimate of drug-likeness (QED) is 0.189. The molecular formula is C27H38FN6O7P. The Kier molecular flexibility index (Phi) is 9.84. The Morgan fingerprint density at radius 3 is 2.57 bits per heavy atom. The van der Waals surface area contributed by atoms with Crippen molar-refractivity contribution in [3.63, 3.8) is 0 Å². The number of carbonyl (C=O) groups excluding carboxylic acids is 1. The summed E-state index contributed by atoms with van der Waals surface area (Å²) in [5.41, 5.74) is -1.60. The highest BCUT2D eigenvalue weighted by atomic mass is 31.2. The van der Waals surface area contributed by atoms with Crippen molar-refractivity contribution in [2.45, 2.75) is 77.8 Å². The van der Waals surface area contributed by atoms with E-state index in [9.17, 15) is 14.5 Å². The number of carbonyl (C=O) groups is 1. The van der Waals surface area contributed by atoms with Crippen molar-refractivity contribution in [3.05, 3.63) is 43.0 Å². The third-order valence-corrected chi connectivity index (χ3v) is 8.08. The van der Waals surface area contributed by atoms with Crippen LogP contribution in [0.25, 0.3) is 11.2 Å². The molecule has 15 heteroatoms. The number of benzene rings is 1. The molecule has 1 aromatic carbocycles. The van der Waals surface area contributed by atoms with Crippen LogP contribution in [0, 0.1) is 5.92 Å². The van der Waals surface area contributed by atoms with Gasteiger partial charge < -0.3 is 24.4 Å². The van der Waals surface area contributed by atoms with E-state index in [0.29, 0.717) is 29.4 Å². The van der Waals surface area contributed by atoms with Gasteiger partial charge in [0.05, 0.1) is 19.0 Å². The van der Waals surface area contributed by atoms with Gasteiger partial charge in [0, 0.05) is 6.54 Å². The summed E-state index contributed by atoms with van der Waals surface area (Å²) in [6.07, 6.45) is -2.00. The molecule has 0 unspecified atom stereocenters. The van der Waals surface area contributed by atoms with E-state index >= 15 is 4.39 Å². The Labute approximate surface area is 243 Å². The van der Waals surface area contributed by atoms with Gasteiger partial charge in [-0.15, -0.1) is 0 Å². The van der Waals surface area contributed by atoms with Gasteiger partial charge in [-0.2, -0.15) is 5.09 Å². The molecular weight excluding hydrogens is 570 g/mol. The van der Waals surface area contributed by atoms with E-state index in [1.54, 1.807) is 44.2 Å². The second-order valence-electron chi connectivity index (χ2n) is 11.0. The second-order valence-corrected chi connectivity index (χ2v) is 12.7. The highest BCUT2D eigenvalue weighted by Crippen LogP contribution is 2.48. The average molecular weight is 609 g/mol. The Morgan fingerprint density at radius 1 is 1.19 bits per heavy atom. The van der Waals surface area contributed by atoms with Crippen molar-refractivity contribution in [2.24, 2.45) is 5.92 Å². The van der Waals surface area contributed by atoms with Gasteiger partial charge in [-0.3, -0.25) is 13.9 Å². The lowest BCUT2D eigenvalue weighted by Gasteiger charge is -2.25. The Balaban J connectivity index is 1.54. The molecule has 1 aliphatic heterocycles. The van der Waals surface area contributed by atoms with Crippen LogP contribution >= 0.6 is 7.75 Å². The number of aliphatic hydroxyl groups is 1. The number of halogens is 1. The minimum Gasteiger partial charge on any atom is -0.462 e. The minimum absolute atomic E-state index is 0.199. The Hall–Kier alpha value is -3.16. The smallest absolute Gasteiger partial charge is 0.459 e. The third kappa shape index (κ3) is 7.24. The number of ether oxygens (including phenoxy) is 2. The lowest BCUT2D eigenvalue weighted by molar-refractivity contribution is -0.149. The predicted octanol–water partition coefficient (Wildman–Crippen LogP) is 4.01. The van der Waals surface area contributed by atoms with Crippen molar-refractivity contribution in [1.82, 2.24) is 24.6 Å². The summed E-state index contributed by atoms with van der Waals surface area (Å²) in [5, 5.41) is 16.7. The van der Waals surface area contributed by atoms with Crippen LogP contribution in [-0.4, -0.2) is 73.8 Å². The van der Waals surface area contributed by atoms with Crippen LogP contribution in [0.2, 0.25) is 0 Å². The number of esters is 1. The standard InChI is InChI=1S/C27H38FN6O7P/c1-16(2)12-29-23-21-24(31-14-30-23)34(15-32-21)26-27(6,28)22(35)20(40-26)13-38-42(37,41-19-10-8-7-9-11-19)33-18(5)25(36)39-17(3)4/h7-11,14-18,20,22,26,35H,12-13H2,1-6H3,(H,33,37)(H,29,30,31)/t18-,20+,22+,26+,27+,42+/m0/s1. The fourth-order valence-corrected chi connectivity index (χ4v) is 5.81. The number of fused-ring (bicyclic) bond motifs is 1. The van der Waals surface area contributed by atoms with Gasteiger partial charge in [-0.25, -0.2) is 23.9 Å². The van der Waals surface area contributed by atoms with Crippen molar-refractivity contribution in [3.8, 4) is 5.75 Å². The molecule has 3 N–H and O–H groups in total. The highest BCUT2D eigenvalue weighted by Gasteiger charge is 2.56. The van der Waals surface area contributed by atoms with E-state index in [4.69, 9.17) is 18.5 Å². The number of alkyl halides is 1. The van der Waals surface area contributed by atoms with Crippen LogP contribution in [0.5, 0.6) is 5.75 Å². The topological polar surface area (TPSA) is 159 Å². The molecule has 0 aliphatic carbocycles. The van der Waals surface area contributed by atoms with Gasteiger partial charge in [0.2, 0.25) is 0 Å². The molecule has 1 saturated heterocycles. The molecule has 3 heterocycles. The number of aliphatic hydroxyl groups excluding tert-OH is 1. The molecule has 6 atom stereocenters. The van der Waals surface area contributed by atoms with E-state index < -0.39 is 56.6 Å². The second kappa shape index (κ2) is 13.0. The minimum atomic E-state index is -4.27. The van der Waals surface area contributed by atoms with Gasteiger partial charge in [-0.1, -0.05) is 32.0 Å². The summed E-state index contributed by atoms with van der Waals surface area (Å²) in [6, 6.07) is 7.12. The van der Waals surface area contributed by atoms with Crippen LogP contribution in [-0.2, 0) is 23.4 Å². The normalized spacial score (nSPS) is 24.6. The summed E-state index contributed by atoms with van der Waals surface area (Å²) >= 11 is 0. The number of nitrogens with one attached hydrogen (secondary N) is 2. The molecule has 0 amide bonds. The number of para-hydroxylation sites is 1. The first kappa shape index (κ1) is 31.8. The average Bonchev–Trinajstić information content (AvgIpc) is 3.44. The summed E-state index contributed by atoms with van der Waals surface area (Å²) in [5.74, 6) is 0.364. The molecule has 42 heavy (non-hydrogen) atoms. The predicted molar refractivity (Wildman–Crippen MR) is 153 cm³/mol. The number of hydrogen-bond donors (Lipinski definition) is 3. The largest absolute Gasteiger partial charge is 0.462 e. The van der Waals surface area contributed by atoms with Crippen molar-refractivity contribution in [2.75, 3.05) is 18.5 Å². The van der Waals surface area contributed by atoms with Crippen LogP contribution in [0.15, 0.2) is 43.0 Å². The van der Waals surface area contributed by atoms with Crippen molar-refractivity contribution in [1.29, 1.82) is 0 Å². The molecule has 2 aromatic heterocycles.